The van der Waals surface area contributed by atoms with Crippen LogP contribution in [0.3, 0.4) is 0 Å². The first-order valence-corrected chi connectivity index (χ1v) is 7.71. The molecule has 1 heterocycles. The Balaban J connectivity index is 0.00000154. The zero-order chi connectivity index (χ0) is 15.1. The zero-order valence-electron chi connectivity index (χ0n) is 14.2. The minimum atomic E-state index is 0.103. The van der Waals surface area contributed by atoms with Crippen LogP contribution in [0.2, 0.25) is 0 Å². The lowest BCUT2D eigenvalue weighted by molar-refractivity contribution is 0.245. The molecule has 0 atom stereocenters. The van der Waals surface area contributed by atoms with E-state index in [2.05, 4.69) is 58.1 Å². The first-order chi connectivity index (χ1) is 8.80. The Morgan fingerprint density at radius 3 is 2.16 bits per heavy atom. The lowest BCUT2D eigenvalue weighted by Gasteiger charge is -2.32. The number of hydrogen-bond acceptors (Lipinski definition) is 2. The molecule has 0 spiro atoms. The minimum absolute atomic E-state index is 0.103. The van der Waals surface area contributed by atoms with Crippen LogP contribution in [0, 0.1) is 5.41 Å². The quantitative estimate of drug-likeness (QED) is 0.740. The molecular formula is C16H33N3. The van der Waals surface area contributed by atoms with Gasteiger partial charge in [-0.25, -0.2) is 0 Å². The molecule has 112 valence electrons. The van der Waals surface area contributed by atoms with E-state index < -0.39 is 0 Å². The van der Waals surface area contributed by atoms with E-state index in [0.717, 1.165) is 25.1 Å². The van der Waals surface area contributed by atoms with Gasteiger partial charge in [-0.1, -0.05) is 67.0 Å². The van der Waals surface area contributed by atoms with Crippen LogP contribution >= 0.6 is 0 Å². The van der Waals surface area contributed by atoms with E-state index in [0.29, 0.717) is 5.41 Å². The van der Waals surface area contributed by atoms with Crippen LogP contribution in [0.25, 0.3) is 0 Å². The average Bonchev–Trinajstić information content (AvgIpc) is 2.80. The molecule has 0 fully saturated rings. The maximum absolute atomic E-state index is 4.34. The van der Waals surface area contributed by atoms with Crippen molar-refractivity contribution in [2.45, 2.75) is 86.6 Å². The Kier molecular flexibility index (Phi) is 7.32. The maximum Gasteiger partial charge on any atom is 0.0883 e. The highest BCUT2D eigenvalue weighted by Crippen LogP contribution is 2.37. The summed E-state index contributed by atoms with van der Waals surface area (Å²) in [5.74, 6) is 0. The molecule has 0 N–H and O–H groups in total. The summed E-state index contributed by atoms with van der Waals surface area (Å²) in [7, 11) is 0. The van der Waals surface area contributed by atoms with Crippen LogP contribution in [0.5, 0.6) is 0 Å². The van der Waals surface area contributed by atoms with Gasteiger partial charge in [0.05, 0.1) is 5.69 Å². The number of nitrogens with zero attached hydrogens (tertiary/aromatic N) is 3. The van der Waals surface area contributed by atoms with Crippen molar-refractivity contribution in [1.82, 2.24) is 15.0 Å². The predicted molar refractivity (Wildman–Crippen MR) is 83.4 cm³/mol. The molecule has 0 radical (unpaired) electrons. The third-order valence-electron chi connectivity index (χ3n) is 3.56. The highest BCUT2D eigenvalue weighted by Gasteiger charge is 2.31. The summed E-state index contributed by atoms with van der Waals surface area (Å²) in [4.78, 5) is 0. The van der Waals surface area contributed by atoms with E-state index >= 15 is 0 Å². The predicted octanol–water partition coefficient (Wildman–Crippen LogP) is 4.82. The van der Waals surface area contributed by atoms with E-state index in [1.807, 2.05) is 18.5 Å². The van der Waals surface area contributed by atoms with Gasteiger partial charge in [-0.05, 0) is 18.3 Å². The van der Waals surface area contributed by atoms with Crippen LogP contribution in [-0.2, 0) is 12.0 Å². The number of hydrogen-bond donors (Lipinski definition) is 0. The van der Waals surface area contributed by atoms with Gasteiger partial charge in [-0.15, -0.1) is 5.10 Å². The second-order valence-corrected chi connectivity index (χ2v) is 6.45. The average molecular weight is 267 g/mol. The Bertz CT molecular complexity index is 351. The smallest absolute Gasteiger partial charge is 0.0883 e. The molecule has 0 aromatic carbocycles. The Labute approximate surface area is 119 Å². The summed E-state index contributed by atoms with van der Waals surface area (Å²) in [6, 6.07) is 0. The van der Waals surface area contributed by atoms with Gasteiger partial charge >= 0.3 is 0 Å². The first kappa shape index (κ1) is 18.1. The van der Waals surface area contributed by atoms with Crippen molar-refractivity contribution >= 4 is 0 Å². The molecule has 0 aliphatic heterocycles. The fraction of sp³-hybridized carbons (Fsp3) is 0.875. The van der Waals surface area contributed by atoms with Crippen LogP contribution in [0.1, 0.15) is 80.3 Å². The third-order valence-corrected chi connectivity index (χ3v) is 3.56. The Morgan fingerprint density at radius 2 is 1.68 bits per heavy atom. The molecule has 0 saturated heterocycles. The van der Waals surface area contributed by atoms with Crippen LogP contribution < -0.4 is 0 Å². The normalized spacial score (nSPS) is 12.0. The topological polar surface area (TPSA) is 30.7 Å². The molecule has 0 aliphatic rings. The monoisotopic (exact) mass is 267 g/mol. The van der Waals surface area contributed by atoms with E-state index in [9.17, 15) is 0 Å². The van der Waals surface area contributed by atoms with Crippen LogP contribution in [0.15, 0.2) is 6.20 Å². The third kappa shape index (κ3) is 5.75. The summed E-state index contributed by atoms with van der Waals surface area (Å²) in [5.41, 5.74) is 1.58. The van der Waals surface area contributed by atoms with Gasteiger partial charge in [0.1, 0.15) is 0 Å². The Morgan fingerprint density at radius 1 is 1.11 bits per heavy atom. The van der Waals surface area contributed by atoms with Gasteiger partial charge in [0.2, 0.25) is 0 Å². The Hall–Kier alpha value is -0.860. The summed E-state index contributed by atoms with van der Waals surface area (Å²) in [6.07, 6.45) is 5.54. The van der Waals surface area contributed by atoms with Crippen molar-refractivity contribution in [3.8, 4) is 0 Å². The van der Waals surface area contributed by atoms with Crippen molar-refractivity contribution in [3.63, 3.8) is 0 Å². The molecule has 1 aromatic heterocycles. The van der Waals surface area contributed by atoms with Crippen molar-refractivity contribution in [2.75, 3.05) is 0 Å². The molecule has 3 heteroatoms. The van der Waals surface area contributed by atoms with Crippen LogP contribution in [0.4, 0.5) is 0 Å². The second kappa shape index (κ2) is 7.66. The van der Waals surface area contributed by atoms with Crippen molar-refractivity contribution in [1.29, 1.82) is 0 Å². The molecular weight excluding hydrogens is 234 g/mol. The van der Waals surface area contributed by atoms with Crippen molar-refractivity contribution in [3.05, 3.63) is 11.9 Å². The van der Waals surface area contributed by atoms with E-state index in [4.69, 9.17) is 0 Å². The van der Waals surface area contributed by atoms with Crippen LogP contribution in [-0.4, -0.2) is 15.0 Å². The van der Waals surface area contributed by atoms with Crippen molar-refractivity contribution in [2.24, 2.45) is 5.41 Å². The molecule has 0 unspecified atom stereocenters. The molecule has 0 amide bonds. The summed E-state index contributed by atoms with van der Waals surface area (Å²) < 4.78 is 1.95. The lowest BCUT2D eigenvalue weighted by atomic mass is 9.72. The highest BCUT2D eigenvalue weighted by atomic mass is 15.4. The summed E-state index contributed by atoms with van der Waals surface area (Å²) >= 11 is 0. The molecule has 1 rings (SSSR count). The van der Waals surface area contributed by atoms with Gasteiger partial charge < -0.3 is 0 Å². The van der Waals surface area contributed by atoms with Gasteiger partial charge in [-0.3, -0.25) is 4.68 Å². The number of aryl methyl sites for hydroxylation is 1. The molecule has 0 bridgehead atoms. The van der Waals surface area contributed by atoms with Gasteiger partial charge in [0.15, 0.2) is 0 Å². The lowest BCUT2D eigenvalue weighted by Crippen LogP contribution is -2.26. The van der Waals surface area contributed by atoms with Gasteiger partial charge in [-0.2, -0.15) is 0 Å². The minimum Gasteiger partial charge on any atom is -0.252 e. The largest absolute Gasteiger partial charge is 0.252 e. The van der Waals surface area contributed by atoms with E-state index in [-0.39, 0.29) is 5.41 Å². The zero-order valence-corrected chi connectivity index (χ0v) is 14.2. The SMILES string of the molecule is CC.CCCn1cc(C(C)(C)CC(C)(C)CC)nn1. The number of rotatable bonds is 6. The summed E-state index contributed by atoms with van der Waals surface area (Å²) in [6.45, 7) is 18.6. The first-order valence-electron chi connectivity index (χ1n) is 7.71. The van der Waals surface area contributed by atoms with Gasteiger partial charge in [0.25, 0.3) is 0 Å². The fourth-order valence-corrected chi connectivity index (χ4v) is 2.36. The molecule has 0 aliphatic carbocycles. The van der Waals surface area contributed by atoms with E-state index in [1.54, 1.807) is 0 Å². The number of aromatic nitrogens is 3. The standard InChI is InChI=1S/C14H27N3.C2H6/c1-7-9-17-10-12(15-16-17)14(5,6)11-13(3,4)8-2;1-2/h10H,7-9,11H2,1-6H3;1-2H3. The fourth-order valence-electron chi connectivity index (χ4n) is 2.36. The van der Waals surface area contributed by atoms with E-state index in [1.165, 1.54) is 6.42 Å². The van der Waals surface area contributed by atoms with Gasteiger partial charge in [0, 0.05) is 18.2 Å². The molecule has 0 saturated carbocycles. The highest BCUT2D eigenvalue weighted by molar-refractivity contribution is 5.09. The maximum atomic E-state index is 4.34. The molecule has 1 aromatic rings. The molecule has 19 heavy (non-hydrogen) atoms. The second-order valence-electron chi connectivity index (χ2n) is 6.45. The summed E-state index contributed by atoms with van der Waals surface area (Å²) in [5, 5.41) is 8.53. The van der Waals surface area contributed by atoms with Crippen molar-refractivity contribution < 1.29 is 0 Å². The molecule has 3 nitrogen and oxygen atoms in total.